The average molecular weight is 264 g/mol. The third-order valence-electron chi connectivity index (χ3n) is 2.06. The molecule has 2 rings (SSSR count). The third kappa shape index (κ3) is 2.02. The summed E-state index contributed by atoms with van der Waals surface area (Å²) in [5.41, 5.74) is 1.78. The summed E-state index contributed by atoms with van der Waals surface area (Å²) in [6.07, 6.45) is 1.70. The van der Waals surface area contributed by atoms with E-state index in [0.717, 1.165) is 17.0 Å². The van der Waals surface area contributed by atoms with Crippen LogP contribution in [-0.4, -0.2) is 4.98 Å². The number of oxazole rings is 1. The highest BCUT2D eigenvalue weighted by Gasteiger charge is 2.10. The van der Waals surface area contributed by atoms with Crippen molar-refractivity contribution in [3.63, 3.8) is 0 Å². The summed E-state index contributed by atoms with van der Waals surface area (Å²) in [6, 6.07) is 9.82. The van der Waals surface area contributed by atoms with E-state index in [2.05, 4.69) is 27.5 Å². The van der Waals surface area contributed by atoms with Gasteiger partial charge in [-0.3, -0.25) is 0 Å². The van der Waals surface area contributed by atoms with Crippen molar-refractivity contribution in [3.8, 4) is 11.5 Å². The van der Waals surface area contributed by atoms with Gasteiger partial charge < -0.3 is 4.42 Å². The van der Waals surface area contributed by atoms with E-state index in [-0.39, 0.29) is 0 Å². The Morgan fingerprint density at radius 3 is 2.60 bits per heavy atom. The lowest BCUT2D eigenvalue weighted by Crippen LogP contribution is -1.77. The molecule has 0 atom stereocenters. The Morgan fingerprint density at radius 1 is 1.33 bits per heavy atom. The average Bonchev–Trinajstić information content (AvgIpc) is 2.73. The van der Waals surface area contributed by atoms with E-state index in [1.807, 2.05) is 30.3 Å². The molecule has 0 fully saturated rings. The summed E-state index contributed by atoms with van der Waals surface area (Å²) in [6.45, 7) is 3.70. The molecule has 2 nitrogen and oxygen atoms in total. The molecule has 0 saturated heterocycles. The van der Waals surface area contributed by atoms with Gasteiger partial charge in [-0.1, -0.05) is 40.7 Å². The monoisotopic (exact) mass is 263 g/mol. The molecular formula is C12H10BrNO. The summed E-state index contributed by atoms with van der Waals surface area (Å²) in [7, 11) is 0. The Morgan fingerprint density at radius 2 is 2.07 bits per heavy atom. The summed E-state index contributed by atoms with van der Waals surface area (Å²) in [5.74, 6) is 1.45. The van der Waals surface area contributed by atoms with Gasteiger partial charge in [-0.2, -0.15) is 0 Å². The maximum absolute atomic E-state index is 5.61. The number of rotatable bonds is 3. The molecule has 0 aliphatic rings. The van der Waals surface area contributed by atoms with E-state index in [4.69, 9.17) is 4.42 Å². The first-order valence-corrected chi connectivity index (χ1v) is 5.71. The van der Waals surface area contributed by atoms with Crippen LogP contribution in [0, 0.1) is 0 Å². The standard InChI is InChI=1S/C12H10BrNO/c1-2-10-11(8-13)15-12(14-10)9-6-4-3-5-7-9/h2-7H,1,8H2. The molecule has 0 saturated carbocycles. The van der Waals surface area contributed by atoms with E-state index < -0.39 is 0 Å². The first-order valence-electron chi connectivity index (χ1n) is 4.58. The number of benzene rings is 1. The zero-order valence-corrected chi connectivity index (χ0v) is 9.70. The van der Waals surface area contributed by atoms with Crippen LogP contribution in [0.2, 0.25) is 0 Å². The summed E-state index contributed by atoms with van der Waals surface area (Å²) >= 11 is 3.35. The second-order valence-corrected chi connectivity index (χ2v) is 3.59. The second-order valence-electron chi connectivity index (χ2n) is 3.03. The second kappa shape index (κ2) is 4.45. The summed E-state index contributed by atoms with van der Waals surface area (Å²) in [4.78, 5) is 4.36. The molecule has 2 aromatic rings. The van der Waals surface area contributed by atoms with Gasteiger partial charge >= 0.3 is 0 Å². The number of nitrogens with zero attached hydrogens (tertiary/aromatic N) is 1. The van der Waals surface area contributed by atoms with Crippen molar-refractivity contribution in [3.05, 3.63) is 48.4 Å². The zero-order valence-electron chi connectivity index (χ0n) is 8.11. The SMILES string of the molecule is C=Cc1nc(-c2ccccc2)oc1CBr. The molecule has 0 aliphatic carbocycles. The van der Waals surface area contributed by atoms with Crippen LogP contribution in [0.15, 0.2) is 41.3 Å². The van der Waals surface area contributed by atoms with Crippen LogP contribution in [0.1, 0.15) is 11.5 Å². The van der Waals surface area contributed by atoms with Crippen LogP contribution in [0.25, 0.3) is 17.5 Å². The molecule has 3 heteroatoms. The lowest BCUT2D eigenvalue weighted by Gasteiger charge is -1.92. The molecule has 15 heavy (non-hydrogen) atoms. The van der Waals surface area contributed by atoms with Gasteiger partial charge in [-0.15, -0.1) is 0 Å². The lowest BCUT2D eigenvalue weighted by atomic mass is 10.2. The zero-order chi connectivity index (χ0) is 10.7. The largest absolute Gasteiger partial charge is 0.440 e. The highest BCUT2D eigenvalue weighted by atomic mass is 79.9. The fraction of sp³-hybridized carbons (Fsp3) is 0.0833. The smallest absolute Gasteiger partial charge is 0.226 e. The topological polar surface area (TPSA) is 26.0 Å². The Balaban J connectivity index is 2.46. The van der Waals surface area contributed by atoms with Crippen LogP contribution in [-0.2, 0) is 5.33 Å². The molecule has 1 aromatic heterocycles. The predicted molar refractivity (Wildman–Crippen MR) is 64.7 cm³/mol. The van der Waals surface area contributed by atoms with Gasteiger partial charge in [0.25, 0.3) is 0 Å². The number of hydrogen-bond acceptors (Lipinski definition) is 2. The first kappa shape index (κ1) is 10.2. The van der Waals surface area contributed by atoms with E-state index in [1.54, 1.807) is 6.08 Å². The molecule has 0 amide bonds. The van der Waals surface area contributed by atoms with Crippen molar-refractivity contribution in [2.75, 3.05) is 0 Å². The van der Waals surface area contributed by atoms with Crippen molar-refractivity contribution in [2.45, 2.75) is 5.33 Å². The number of aromatic nitrogens is 1. The molecule has 0 unspecified atom stereocenters. The third-order valence-corrected chi connectivity index (χ3v) is 2.57. The fourth-order valence-corrected chi connectivity index (χ4v) is 1.72. The Labute approximate surface area is 96.8 Å². The highest BCUT2D eigenvalue weighted by Crippen LogP contribution is 2.23. The minimum Gasteiger partial charge on any atom is -0.440 e. The highest BCUT2D eigenvalue weighted by molar-refractivity contribution is 9.08. The number of alkyl halides is 1. The lowest BCUT2D eigenvalue weighted by molar-refractivity contribution is 0.539. The van der Waals surface area contributed by atoms with Gasteiger partial charge in [0.2, 0.25) is 5.89 Å². The van der Waals surface area contributed by atoms with E-state index >= 15 is 0 Å². The van der Waals surface area contributed by atoms with Crippen LogP contribution >= 0.6 is 15.9 Å². The minimum atomic E-state index is 0.639. The van der Waals surface area contributed by atoms with E-state index in [9.17, 15) is 0 Å². The normalized spacial score (nSPS) is 10.2. The minimum absolute atomic E-state index is 0.639. The molecule has 0 aliphatic heterocycles. The molecule has 1 heterocycles. The molecule has 0 radical (unpaired) electrons. The summed E-state index contributed by atoms with van der Waals surface area (Å²) < 4.78 is 5.61. The quantitative estimate of drug-likeness (QED) is 0.786. The van der Waals surface area contributed by atoms with Gasteiger partial charge in [0.15, 0.2) is 0 Å². The maximum atomic E-state index is 5.61. The van der Waals surface area contributed by atoms with Crippen molar-refractivity contribution in [2.24, 2.45) is 0 Å². The van der Waals surface area contributed by atoms with Crippen molar-refractivity contribution in [1.29, 1.82) is 0 Å². The molecule has 0 spiro atoms. The number of halogens is 1. The maximum Gasteiger partial charge on any atom is 0.226 e. The van der Waals surface area contributed by atoms with E-state index in [0.29, 0.717) is 11.2 Å². The van der Waals surface area contributed by atoms with Crippen molar-refractivity contribution < 1.29 is 4.42 Å². The van der Waals surface area contributed by atoms with Crippen molar-refractivity contribution in [1.82, 2.24) is 4.98 Å². The van der Waals surface area contributed by atoms with E-state index in [1.165, 1.54) is 0 Å². The van der Waals surface area contributed by atoms with Gasteiger partial charge in [0, 0.05) is 5.56 Å². The van der Waals surface area contributed by atoms with Gasteiger partial charge in [0.05, 0.1) is 5.33 Å². The van der Waals surface area contributed by atoms with Crippen LogP contribution in [0.3, 0.4) is 0 Å². The molecule has 0 N–H and O–H groups in total. The predicted octanol–water partition coefficient (Wildman–Crippen LogP) is 3.88. The molecule has 0 bridgehead atoms. The molecular weight excluding hydrogens is 254 g/mol. The van der Waals surface area contributed by atoms with Crippen LogP contribution in [0.5, 0.6) is 0 Å². The number of hydrogen-bond donors (Lipinski definition) is 0. The Bertz CT molecular complexity index is 462. The Kier molecular flexibility index (Phi) is 3.02. The van der Waals surface area contributed by atoms with Crippen LogP contribution < -0.4 is 0 Å². The van der Waals surface area contributed by atoms with Gasteiger partial charge in [-0.25, -0.2) is 4.98 Å². The first-order chi connectivity index (χ1) is 7.35. The fourth-order valence-electron chi connectivity index (χ4n) is 1.32. The Hall–Kier alpha value is -1.35. The van der Waals surface area contributed by atoms with Gasteiger partial charge in [-0.05, 0) is 18.2 Å². The van der Waals surface area contributed by atoms with Crippen LogP contribution in [0.4, 0.5) is 0 Å². The molecule has 1 aromatic carbocycles. The molecule has 76 valence electrons. The van der Waals surface area contributed by atoms with Gasteiger partial charge in [0.1, 0.15) is 11.5 Å². The van der Waals surface area contributed by atoms with Crippen molar-refractivity contribution >= 4 is 22.0 Å². The summed E-state index contributed by atoms with van der Waals surface area (Å²) in [5, 5.41) is 0.647.